The zero-order valence-corrected chi connectivity index (χ0v) is 21.7. The molecule has 0 aromatic heterocycles. The van der Waals surface area contributed by atoms with E-state index in [1.165, 1.54) is 0 Å². The van der Waals surface area contributed by atoms with Gasteiger partial charge in [-0.25, -0.2) is 0 Å². The Hall–Kier alpha value is 1.64. The average molecular weight is 734 g/mol. The van der Waals surface area contributed by atoms with Crippen molar-refractivity contribution in [2.24, 2.45) is 0 Å². The maximum atomic E-state index is 8.74. The van der Waals surface area contributed by atoms with Crippen LogP contribution in [0.2, 0.25) is 0 Å². The fraction of sp³-hybridized carbons (Fsp3) is 0. The Morgan fingerprint density at radius 3 is 0.308 bits per heavy atom. The van der Waals surface area contributed by atoms with Gasteiger partial charge in [0, 0.05) is 71.2 Å². The molecule has 26 heteroatoms. The second-order valence-corrected chi connectivity index (χ2v) is 4.03. The smallest absolute Gasteiger partial charge is 0.394 e. The molecule has 0 aliphatic rings. The van der Waals surface area contributed by atoms with Gasteiger partial charge in [-0.05, 0) is 0 Å². The molecule has 0 rings (SSSR count). The summed E-state index contributed by atoms with van der Waals surface area (Å²) in [5, 5.41) is 0. The van der Waals surface area contributed by atoms with Crippen LogP contribution in [0.3, 0.4) is 0 Å². The van der Waals surface area contributed by atoms with E-state index in [1.807, 2.05) is 0 Å². The first-order valence-electron chi connectivity index (χ1n) is 2.10. The van der Waals surface area contributed by atoms with Crippen molar-refractivity contribution in [3.8, 4) is 0 Å². The van der Waals surface area contributed by atoms with Crippen LogP contribution < -0.4 is 0 Å². The maximum Gasteiger partial charge on any atom is 0.394 e. The standard InChI is InChI=1S/2La.3H2O4S.9H2O/c;;3*1-5(2,3)4;;;;;;;;;/h;;3*(H2,1,2,3,4);9*1H2. The van der Waals surface area contributed by atoms with Gasteiger partial charge >= 0.3 is 31.2 Å². The third-order valence-corrected chi connectivity index (χ3v) is 0. The SMILES string of the molecule is O.O.O.O.O.O.O.O.O.O=S(=O)(O)O.O=S(=O)(O)O.O=S(=O)(O)O.[La].[La]. The summed E-state index contributed by atoms with van der Waals surface area (Å²) in [6, 6.07) is 0. The molecule has 0 aliphatic carbocycles. The third kappa shape index (κ3) is 5790. The van der Waals surface area contributed by atoms with Gasteiger partial charge in [0.05, 0.1) is 0 Å². The number of rotatable bonds is 0. The minimum atomic E-state index is -4.67. The van der Waals surface area contributed by atoms with Crippen LogP contribution in [0.1, 0.15) is 0 Å². The number of hydrogen-bond acceptors (Lipinski definition) is 6. The normalized spacial score (nSPS) is 6.69. The second kappa shape index (κ2) is 45.4. The van der Waals surface area contributed by atoms with Gasteiger partial charge in [0.15, 0.2) is 0 Å². The molecule has 24 N–H and O–H groups in total. The summed E-state index contributed by atoms with van der Waals surface area (Å²) in [4.78, 5) is 0. The molecular weight excluding hydrogens is 710 g/mol. The molecule has 0 amide bonds. The van der Waals surface area contributed by atoms with Crippen molar-refractivity contribution < 1.29 is 173 Å². The van der Waals surface area contributed by atoms with Crippen LogP contribution in [-0.4, -0.2) is 102 Å². The van der Waals surface area contributed by atoms with Gasteiger partial charge in [-0.15, -0.1) is 0 Å². The Labute approximate surface area is 202 Å². The molecule has 21 nitrogen and oxygen atoms in total. The number of hydrogen-bond donors (Lipinski definition) is 6. The van der Waals surface area contributed by atoms with E-state index in [0.29, 0.717) is 0 Å². The second-order valence-electron chi connectivity index (χ2n) is 1.34. The first-order chi connectivity index (χ1) is 6.00. The van der Waals surface area contributed by atoms with Gasteiger partial charge in [-0.1, -0.05) is 0 Å². The summed E-state index contributed by atoms with van der Waals surface area (Å²) in [5.74, 6) is 0. The van der Waals surface area contributed by atoms with Gasteiger partial charge in [0.1, 0.15) is 0 Å². The van der Waals surface area contributed by atoms with Crippen molar-refractivity contribution in [1.82, 2.24) is 0 Å². The van der Waals surface area contributed by atoms with E-state index in [-0.39, 0.29) is 120 Å². The van der Waals surface area contributed by atoms with Crippen molar-refractivity contribution in [3.05, 3.63) is 0 Å². The van der Waals surface area contributed by atoms with E-state index < -0.39 is 31.2 Å². The zero-order chi connectivity index (χ0) is 13.5. The van der Waals surface area contributed by atoms with Gasteiger partial charge in [-0.2, -0.15) is 25.3 Å². The summed E-state index contributed by atoms with van der Waals surface area (Å²) in [6.07, 6.45) is 0. The van der Waals surface area contributed by atoms with Crippen molar-refractivity contribution in [2.45, 2.75) is 0 Å². The molecule has 0 unspecified atom stereocenters. The fourth-order valence-electron chi connectivity index (χ4n) is 0. The van der Waals surface area contributed by atoms with E-state index in [9.17, 15) is 0 Å². The summed E-state index contributed by atoms with van der Waals surface area (Å²) in [5.41, 5.74) is 0. The Balaban J connectivity index is -0.00000000571. The molecule has 174 valence electrons. The van der Waals surface area contributed by atoms with Crippen LogP contribution in [0.5, 0.6) is 0 Å². The van der Waals surface area contributed by atoms with Gasteiger partial charge in [0.25, 0.3) is 0 Å². The van der Waals surface area contributed by atoms with E-state index >= 15 is 0 Å². The van der Waals surface area contributed by atoms with Crippen LogP contribution >= 0.6 is 0 Å². The van der Waals surface area contributed by atoms with Crippen molar-refractivity contribution in [2.75, 3.05) is 0 Å². The molecule has 0 bridgehead atoms. The van der Waals surface area contributed by atoms with Crippen molar-refractivity contribution >= 4 is 31.2 Å². The van der Waals surface area contributed by atoms with Gasteiger partial charge < -0.3 is 49.3 Å². The minimum absolute atomic E-state index is 0. The molecule has 0 aromatic carbocycles. The molecule has 0 aliphatic heterocycles. The Morgan fingerprint density at radius 2 is 0.308 bits per heavy atom. The van der Waals surface area contributed by atoms with Gasteiger partial charge in [-0.3, -0.25) is 27.3 Å². The molecule has 0 heterocycles. The van der Waals surface area contributed by atoms with E-state index in [2.05, 4.69) is 0 Å². The predicted octanol–water partition coefficient (Wildman–Crippen LogP) is -9.38. The Bertz CT molecular complexity index is 344. The maximum absolute atomic E-state index is 8.74. The van der Waals surface area contributed by atoms with Crippen molar-refractivity contribution in [1.29, 1.82) is 0 Å². The van der Waals surface area contributed by atoms with Crippen LogP contribution in [0, 0.1) is 71.2 Å². The molecule has 0 spiro atoms. The Kier molecular flexibility index (Phi) is 184. The predicted molar refractivity (Wildman–Crippen MR) is 75.1 cm³/mol. The van der Waals surface area contributed by atoms with Crippen LogP contribution in [0.15, 0.2) is 0 Å². The monoisotopic (exact) mass is 734 g/mol. The van der Waals surface area contributed by atoms with E-state index in [4.69, 9.17) is 52.6 Å². The third-order valence-electron chi connectivity index (χ3n) is 0. The summed E-state index contributed by atoms with van der Waals surface area (Å²) in [7, 11) is -14.0. The van der Waals surface area contributed by atoms with Gasteiger partial charge in [0.2, 0.25) is 0 Å². The average Bonchev–Trinajstić information content (AvgIpc) is 1.41. The molecule has 2 radical (unpaired) electrons. The topological polar surface area (TPSA) is 507 Å². The molecule has 26 heavy (non-hydrogen) atoms. The minimum Gasteiger partial charge on any atom is -0.412 e. The molecule has 0 aromatic rings. The largest absolute Gasteiger partial charge is 0.412 e. The molecular formula is H24La2O21S3. The van der Waals surface area contributed by atoms with E-state index in [0.717, 1.165) is 0 Å². The molecule has 0 fully saturated rings. The summed E-state index contributed by atoms with van der Waals surface area (Å²) >= 11 is 0. The Morgan fingerprint density at radius 1 is 0.308 bits per heavy atom. The zero-order valence-electron chi connectivity index (χ0n) is 12.0. The van der Waals surface area contributed by atoms with Crippen molar-refractivity contribution in [3.63, 3.8) is 0 Å². The fourth-order valence-corrected chi connectivity index (χ4v) is 0. The molecule has 0 atom stereocenters. The first-order valence-corrected chi connectivity index (χ1v) is 6.29. The van der Waals surface area contributed by atoms with Crippen LogP contribution in [-0.2, 0) is 31.2 Å². The first kappa shape index (κ1) is 105. The summed E-state index contributed by atoms with van der Waals surface area (Å²) in [6.45, 7) is 0. The van der Waals surface area contributed by atoms with Crippen LogP contribution in [0.4, 0.5) is 0 Å². The quantitative estimate of drug-likeness (QED) is 0.126. The summed E-state index contributed by atoms with van der Waals surface area (Å²) < 4.78 is 94.8. The molecule has 0 saturated carbocycles. The van der Waals surface area contributed by atoms with E-state index in [1.54, 1.807) is 0 Å². The van der Waals surface area contributed by atoms with Crippen LogP contribution in [0.25, 0.3) is 0 Å². The molecule has 0 saturated heterocycles.